The first-order valence-corrected chi connectivity index (χ1v) is 23.7. The van der Waals surface area contributed by atoms with Crippen molar-refractivity contribution < 1.29 is 23.8 Å². The zero-order valence-corrected chi connectivity index (χ0v) is 38.4. The quantitative estimate of drug-likeness (QED) is 0.0349. The van der Waals surface area contributed by atoms with E-state index in [1.165, 1.54) is 6.42 Å². The van der Waals surface area contributed by atoms with Crippen molar-refractivity contribution in [3.63, 3.8) is 0 Å². The monoisotopic (exact) mass is 827 g/mol. The van der Waals surface area contributed by atoms with Crippen LogP contribution in [0.3, 0.4) is 0 Å². The Labute approximate surface area is 369 Å². The number of hydrogen-bond acceptors (Lipinski definition) is 5. The molecule has 0 aliphatic rings. The molecule has 0 spiro atoms. The smallest absolute Gasteiger partial charge is 0.306 e. The summed E-state index contributed by atoms with van der Waals surface area (Å²) in [6.07, 6.45) is 70.4. The fraction of sp³-hybridized carbons (Fsp3) is 0.564. The van der Waals surface area contributed by atoms with E-state index < -0.39 is 6.10 Å². The average molecular weight is 827 g/mol. The molecule has 0 heterocycles. The van der Waals surface area contributed by atoms with Gasteiger partial charge in [0.25, 0.3) is 0 Å². The molecular formula is C55H86O5. The third-order valence-corrected chi connectivity index (χ3v) is 9.18. The topological polar surface area (TPSA) is 61.8 Å². The first kappa shape index (κ1) is 56.0. The molecule has 336 valence electrons. The maximum Gasteiger partial charge on any atom is 0.306 e. The van der Waals surface area contributed by atoms with Gasteiger partial charge in [0.2, 0.25) is 0 Å². The summed E-state index contributed by atoms with van der Waals surface area (Å²) in [5.74, 6) is -0.545. The summed E-state index contributed by atoms with van der Waals surface area (Å²) in [5.41, 5.74) is 0. The van der Waals surface area contributed by atoms with Crippen molar-refractivity contribution in [3.05, 3.63) is 134 Å². The lowest BCUT2D eigenvalue weighted by Gasteiger charge is -2.18. The molecule has 0 aromatic heterocycles. The molecule has 0 aliphatic heterocycles. The maximum atomic E-state index is 12.7. The van der Waals surface area contributed by atoms with Crippen LogP contribution in [0.4, 0.5) is 0 Å². The van der Waals surface area contributed by atoms with Crippen LogP contribution in [0.2, 0.25) is 0 Å². The number of hydrogen-bond donors (Lipinski definition) is 0. The van der Waals surface area contributed by atoms with E-state index in [2.05, 4.69) is 148 Å². The van der Waals surface area contributed by atoms with E-state index in [1.807, 2.05) is 6.08 Å². The summed E-state index contributed by atoms with van der Waals surface area (Å²) in [4.78, 5) is 25.3. The molecule has 0 rings (SSSR count). The molecule has 60 heavy (non-hydrogen) atoms. The molecule has 0 aliphatic carbocycles. The van der Waals surface area contributed by atoms with E-state index in [9.17, 15) is 9.59 Å². The zero-order valence-electron chi connectivity index (χ0n) is 38.4. The molecule has 0 N–H and O–H groups in total. The second-order valence-corrected chi connectivity index (χ2v) is 14.9. The Morgan fingerprint density at radius 2 is 0.733 bits per heavy atom. The summed E-state index contributed by atoms with van der Waals surface area (Å²) in [7, 11) is 0. The normalized spacial score (nSPS) is 13.4. The Bertz CT molecular complexity index is 1300. The van der Waals surface area contributed by atoms with Crippen LogP contribution in [0.15, 0.2) is 134 Å². The summed E-state index contributed by atoms with van der Waals surface area (Å²) >= 11 is 0. The van der Waals surface area contributed by atoms with Gasteiger partial charge in [0, 0.05) is 19.4 Å². The van der Waals surface area contributed by atoms with Gasteiger partial charge in [-0.15, -0.1) is 0 Å². The highest BCUT2D eigenvalue weighted by atomic mass is 16.6. The van der Waals surface area contributed by atoms with Crippen molar-refractivity contribution in [2.45, 2.75) is 181 Å². The van der Waals surface area contributed by atoms with Crippen LogP contribution in [0, 0.1) is 0 Å². The van der Waals surface area contributed by atoms with Crippen molar-refractivity contribution in [2.24, 2.45) is 0 Å². The van der Waals surface area contributed by atoms with Crippen LogP contribution in [-0.4, -0.2) is 37.9 Å². The number of esters is 2. The molecule has 0 aromatic carbocycles. The van der Waals surface area contributed by atoms with E-state index in [1.54, 1.807) is 0 Å². The van der Waals surface area contributed by atoms with Gasteiger partial charge in [0.1, 0.15) is 6.61 Å². The number of ether oxygens (including phenoxy) is 3. The van der Waals surface area contributed by atoms with Crippen molar-refractivity contribution in [2.75, 3.05) is 19.8 Å². The summed E-state index contributed by atoms with van der Waals surface area (Å²) in [6.45, 7) is 7.30. The molecule has 0 saturated carbocycles. The Balaban J connectivity index is 4.47. The highest BCUT2D eigenvalue weighted by Crippen LogP contribution is 2.10. The number of allylic oxidation sites excluding steroid dienone is 22. The molecule has 0 saturated heterocycles. The molecule has 0 bridgehead atoms. The summed E-state index contributed by atoms with van der Waals surface area (Å²) in [6, 6.07) is 0. The minimum atomic E-state index is -0.605. The number of rotatable bonds is 41. The summed E-state index contributed by atoms with van der Waals surface area (Å²) < 4.78 is 17.2. The van der Waals surface area contributed by atoms with Gasteiger partial charge in [-0.25, -0.2) is 0 Å². The third-order valence-electron chi connectivity index (χ3n) is 9.18. The van der Waals surface area contributed by atoms with Crippen LogP contribution in [0.1, 0.15) is 175 Å². The Morgan fingerprint density at radius 1 is 0.367 bits per heavy atom. The van der Waals surface area contributed by atoms with Crippen LogP contribution < -0.4 is 0 Å². The van der Waals surface area contributed by atoms with Crippen LogP contribution in [0.25, 0.3) is 0 Å². The Morgan fingerprint density at radius 3 is 1.17 bits per heavy atom. The Kier molecular flexibility index (Phi) is 46.1. The Hall–Kier alpha value is -3.96. The lowest BCUT2D eigenvalue weighted by atomic mass is 10.1. The fourth-order valence-electron chi connectivity index (χ4n) is 5.76. The first-order chi connectivity index (χ1) is 29.6. The minimum Gasteiger partial charge on any atom is -0.462 e. The maximum absolute atomic E-state index is 12.7. The van der Waals surface area contributed by atoms with E-state index in [0.717, 1.165) is 128 Å². The van der Waals surface area contributed by atoms with Crippen LogP contribution in [0.5, 0.6) is 0 Å². The predicted molar refractivity (Wildman–Crippen MR) is 260 cm³/mol. The third kappa shape index (κ3) is 46.7. The molecule has 1 unspecified atom stereocenters. The van der Waals surface area contributed by atoms with E-state index >= 15 is 0 Å². The van der Waals surface area contributed by atoms with E-state index in [-0.39, 0.29) is 31.6 Å². The van der Waals surface area contributed by atoms with Gasteiger partial charge in [-0.05, 0) is 116 Å². The van der Waals surface area contributed by atoms with Crippen molar-refractivity contribution >= 4 is 11.9 Å². The van der Waals surface area contributed by atoms with E-state index in [0.29, 0.717) is 19.4 Å². The lowest BCUT2D eigenvalue weighted by molar-refractivity contribution is -0.162. The molecule has 1 atom stereocenters. The second-order valence-electron chi connectivity index (χ2n) is 14.9. The molecule has 5 heteroatoms. The van der Waals surface area contributed by atoms with Gasteiger partial charge in [-0.1, -0.05) is 180 Å². The second kappa shape index (κ2) is 49.4. The lowest BCUT2D eigenvalue weighted by Crippen LogP contribution is -2.30. The molecule has 0 aromatic rings. The zero-order chi connectivity index (χ0) is 43.5. The largest absolute Gasteiger partial charge is 0.462 e. The van der Waals surface area contributed by atoms with Crippen molar-refractivity contribution in [1.82, 2.24) is 0 Å². The van der Waals surface area contributed by atoms with Gasteiger partial charge < -0.3 is 14.2 Å². The first-order valence-electron chi connectivity index (χ1n) is 23.7. The van der Waals surface area contributed by atoms with Gasteiger partial charge >= 0.3 is 11.9 Å². The number of unbranched alkanes of at least 4 members (excludes halogenated alkanes) is 8. The highest BCUT2D eigenvalue weighted by molar-refractivity contribution is 5.70. The van der Waals surface area contributed by atoms with Crippen LogP contribution in [-0.2, 0) is 23.8 Å². The summed E-state index contributed by atoms with van der Waals surface area (Å²) in [5, 5.41) is 0. The molecule has 0 amide bonds. The SMILES string of the molecule is CC/C=C\C/C=C\C/C=C\C/C=C\CCCCCCC(=O)OCC(COCCCCCC/C=C\C/C=C\C/C=C\CC)OC(=O)CC/C=C\C/C=C\C/C=C\C/C=C\CC. The minimum absolute atomic E-state index is 0.0251. The average Bonchev–Trinajstić information content (AvgIpc) is 3.25. The number of carbonyl (C=O) groups excluding carboxylic acids is 2. The van der Waals surface area contributed by atoms with Crippen molar-refractivity contribution in [3.8, 4) is 0 Å². The van der Waals surface area contributed by atoms with Gasteiger partial charge in [-0.2, -0.15) is 0 Å². The van der Waals surface area contributed by atoms with Crippen molar-refractivity contribution in [1.29, 1.82) is 0 Å². The highest BCUT2D eigenvalue weighted by Gasteiger charge is 2.17. The van der Waals surface area contributed by atoms with Gasteiger partial charge in [0.05, 0.1) is 6.61 Å². The number of carbonyl (C=O) groups is 2. The molecule has 0 fully saturated rings. The molecule has 5 nitrogen and oxygen atoms in total. The van der Waals surface area contributed by atoms with Crippen LogP contribution >= 0.6 is 0 Å². The van der Waals surface area contributed by atoms with Gasteiger partial charge in [0.15, 0.2) is 6.10 Å². The predicted octanol–water partition coefficient (Wildman–Crippen LogP) is 16.0. The standard InChI is InChI=1S/C55H86O5/c1-4-7-10-13-16-19-22-25-27-28-29-31-33-36-39-42-45-48-54(56)59-52-53(51-58-50-47-44-41-38-35-32-26-23-20-17-14-11-8-5-2)60-55(57)49-46-43-40-37-34-30-24-21-18-15-12-9-6-3/h7-12,16-21,25-27,29-32,34,40,43,53H,4-6,13-15,22-24,28,33,35-39,41-42,44-52H2,1-3H3/b10-7-,11-8-,12-9-,19-16-,20-17-,21-18-,27-25-,31-29-,32-26-,34-30-,43-40-. The van der Waals surface area contributed by atoms with E-state index in [4.69, 9.17) is 14.2 Å². The fourth-order valence-corrected chi connectivity index (χ4v) is 5.76. The van der Waals surface area contributed by atoms with Gasteiger partial charge in [-0.3, -0.25) is 9.59 Å². The molecule has 0 radical (unpaired) electrons. The molecular weight excluding hydrogens is 741 g/mol.